The van der Waals surface area contributed by atoms with Crippen LogP contribution in [0.5, 0.6) is 11.5 Å². The quantitative estimate of drug-likeness (QED) is 0.702. The van der Waals surface area contributed by atoms with Gasteiger partial charge in [-0.15, -0.1) is 0 Å². The van der Waals surface area contributed by atoms with Gasteiger partial charge in [0.15, 0.2) is 0 Å². The van der Waals surface area contributed by atoms with Crippen molar-refractivity contribution in [3.05, 3.63) is 48.5 Å². The lowest BCUT2D eigenvalue weighted by Crippen LogP contribution is -2.53. The summed E-state index contributed by atoms with van der Waals surface area (Å²) in [5.41, 5.74) is 0.342. The SMILES string of the molecule is O=C1C2CC3C(CC2C(=O)N1c1ccccc1O)C1C(=O)N(c2ccccc2O)C(=O)C31. The number of hydrogen-bond acceptors (Lipinski definition) is 6. The van der Waals surface area contributed by atoms with Crippen molar-refractivity contribution in [2.45, 2.75) is 12.8 Å². The number of rotatable bonds is 2. The number of carbonyl (C=O) groups excluding carboxylic acids is 4. The zero-order valence-corrected chi connectivity index (χ0v) is 16.9. The summed E-state index contributed by atoms with van der Waals surface area (Å²) >= 11 is 0. The number of anilines is 2. The molecule has 2 N–H and O–H groups in total. The van der Waals surface area contributed by atoms with Crippen LogP contribution in [0.15, 0.2) is 48.5 Å². The van der Waals surface area contributed by atoms with Crippen LogP contribution in [0.3, 0.4) is 0 Å². The van der Waals surface area contributed by atoms with Gasteiger partial charge >= 0.3 is 0 Å². The second-order valence-corrected chi connectivity index (χ2v) is 9.06. The number of imide groups is 2. The predicted octanol–water partition coefficient (Wildman–Crippen LogP) is 2.05. The van der Waals surface area contributed by atoms with Crippen molar-refractivity contribution < 1.29 is 29.4 Å². The molecule has 6 unspecified atom stereocenters. The molecule has 8 heteroatoms. The average Bonchev–Trinajstić information content (AvgIpc) is 3.13. The van der Waals surface area contributed by atoms with Gasteiger partial charge in [-0.05, 0) is 48.9 Å². The lowest BCUT2D eigenvalue weighted by molar-refractivity contribution is -0.148. The Hall–Kier alpha value is -3.68. The molecule has 0 aromatic heterocycles. The minimum absolute atomic E-state index is 0.140. The van der Waals surface area contributed by atoms with Crippen LogP contribution in [0.1, 0.15) is 12.8 Å². The van der Waals surface area contributed by atoms with Crippen LogP contribution >= 0.6 is 0 Å². The molecule has 2 aromatic carbocycles. The highest BCUT2D eigenvalue weighted by molar-refractivity contribution is 6.25. The summed E-state index contributed by atoms with van der Waals surface area (Å²) in [5, 5.41) is 20.3. The second kappa shape index (κ2) is 6.41. The smallest absolute Gasteiger partial charge is 0.238 e. The lowest BCUT2D eigenvalue weighted by atomic mass is 9.49. The number of phenolic OH excluding ortho intramolecular Hbond substituents is 2. The molecule has 4 fully saturated rings. The van der Waals surface area contributed by atoms with Crippen molar-refractivity contribution >= 4 is 35.0 Å². The van der Waals surface area contributed by atoms with E-state index in [-0.39, 0.29) is 58.3 Å². The third-order valence-corrected chi connectivity index (χ3v) is 7.73. The van der Waals surface area contributed by atoms with Crippen LogP contribution < -0.4 is 9.80 Å². The number of carbonyl (C=O) groups is 4. The van der Waals surface area contributed by atoms with Gasteiger partial charge in [-0.25, -0.2) is 9.80 Å². The van der Waals surface area contributed by atoms with Crippen LogP contribution in [-0.2, 0) is 19.2 Å². The number of phenols is 2. The van der Waals surface area contributed by atoms with E-state index in [4.69, 9.17) is 0 Å². The molecule has 6 atom stereocenters. The molecule has 2 heterocycles. The Morgan fingerprint density at radius 1 is 0.594 bits per heavy atom. The van der Waals surface area contributed by atoms with E-state index < -0.39 is 23.7 Å². The van der Waals surface area contributed by atoms with Crippen molar-refractivity contribution in [1.82, 2.24) is 0 Å². The first-order chi connectivity index (χ1) is 15.4. The lowest BCUT2D eigenvalue weighted by Gasteiger charge is -2.50. The highest BCUT2D eigenvalue weighted by Gasteiger charge is 2.69. The molecule has 0 radical (unpaired) electrons. The Morgan fingerprint density at radius 3 is 1.38 bits per heavy atom. The summed E-state index contributed by atoms with van der Waals surface area (Å²) in [7, 11) is 0. The number of para-hydroxylation sites is 4. The van der Waals surface area contributed by atoms with Crippen molar-refractivity contribution in [3.8, 4) is 11.5 Å². The molecule has 2 saturated carbocycles. The van der Waals surface area contributed by atoms with Crippen molar-refractivity contribution in [2.75, 3.05) is 9.80 Å². The van der Waals surface area contributed by atoms with Gasteiger partial charge in [0.05, 0.1) is 35.0 Å². The third-order valence-electron chi connectivity index (χ3n) is 7.73. The topological polar surface area (TPSA) is 115 Å². The van der Waals surface area contributed by atoms with E-state index in [0.29, 0.717) is 12.8 Å². The van der Waals surface area contributed by atoms with E-state index in [2.05, 4.69) is 0 Å². The number of aromatic hydroxyl groups is 2. The Balaban J connectivity index is 1.30. The molecule has 4 amide bonds. The van der Waals surface area contributed by atoms with E-state index in [1.165, 1.54) is 24.3 Å². The van der Waals surface area contributed by atoms with Gasteiger partial charge < -0.3 is 10.2 Å². The van der Waals surface area contributed by atoms with E-state index in [1.54, 1.807) is 24.3 Å². The first-order valence-corrected chi connectivity index (χ1v) is 10.7. The largest absolute Gasteiger partial charge is 0.506 e. The first kappa shape index (κ1) is 19.0. The molecule has 6 rings (SSSR count). The molecular formula is C24H20N2O6. The van der Waals surface area contributed by atoms with Gasteiger partial charge in [0.1, 0.15) is 11.5 Å². The van der Waals surface area contributed by atoms with Crippen LogP contribution in [0.25, 0.3) is 0 Å². The molecule has 8 nitrogen and oxygen atoms in total. The maximum absolute atomic E-state index is 13.2. The highest BCUT2D eigenvalue weighted by atomic mass is 16.3. The fourth-order valence-electron chi connectivity index (χ4n) is 6.33. The third kappa shape index (κ3) is 2.26. The van der Waals surface area contributed by atoms with Crippen LogP contribution in [0.2, 0.25) is 0 Å². The molecule has 0 spiro atoms. The number of benzene rings is 2. The number of hydrogen-bond donors (Lipinski definition) is 2. The van der Waals surface area contributed by atoms with Gasteiger partial charge in [0.25, 0.3) is 0 Å². The van der Waals surface area contributed by atoms with Gasteiger partial charge in [-0.3, -0.25) is 19.2 Å². The van der Waals surface area contributed by atoms with E-state index >= 15 is 0 Å². The number of fused-ring (bicyclic) bond motifs is 5. The normalized spacial score (nSPS) is 33.1. The molecule has 0 bridgehead atoms. The monoisotopic (exact) mass is 432 g/mol. The Labute approximate surface area is 183 Å². The highest BCUT2D eigenvalue weighted by Crippen LogP contribution is 2.62. The molecule has 2 aliphatic heterocycles. The van der Waals surface area contributed by atoms with Crippen LogP contribution in [0, 0.1) is 35.5 Å². The Bertz CT molecular complexity index is 1080. The summed E-state index contributed by atoms with van der Waals surface area (Å²) in [6, 6.07) is 12.5. The molecule has 162 valence electrons. The zero-order chi connectivity index (χ0) is 22.3. The summed E-state index contributed by atoms with van der Waals surface area (Å²) < 4.78 is 0. The minimum Gasteiger partial charge on any atom is -0.506 e. The van der Waals surface area contributed by atoms with E-state index in [9.17, 15) is 29.4 Å². The molecule has 32 heavy (non-hydrogen) atoms. The Morgan fingerprint density at radius 2 is 0.969 bits per heavy atom. The van der Waals surface area contributed by atoms with Gasteiger partial charge in [0.2, 0.25) is 23.6 Å². The predicted molar refractivity (Wildman–Crippen MR) is 111 cm³/mol. The summed E-state index contributed by atoms with van der Waals surface area (Å²) in [6.45, 7) is 0. The second-order valence-electron chi connectivity index (χ2n) is 9.06. The molecule has 2 aromatic rings. The maximum atomic E-state index is 13.2. The van der Waals surface area contributed by atoms with Crippen LogP contribution in [0.4, 0.5) is 11.4 Å². The standard InChI is InChI=1S/C24H20N2O6/c27-17-7-3-1-5-15(17)25-21(29)13-9-11-12(10-14(13)22(25)30)20-19(11)23(31)26(24(20)32)16-6-2-4-8-18(16)28/h1-8,11-14,19-20,27-28H,9-10H2. The number of amides is 4. The fraction of sp³-hybridized carbons (Fsp3) is 0.333. The van der Waals surface area contributed by atoms with Crippen LogP contribution in [-0.4, -0.2) is 33.8 Å². The Kier molecular flexibility index (Phi) is 3.82. The fourth-order valence-corrected chi connectivity index (χ4v) is 6.33. The minimum atomic E-state index is -0.564. The van der Waals surface area contributed by atoms with Crippen molar-refractivity contribution in [2.24, 2.45) is 35.5 Å². The number of nitrogens with zero attached hydrogens (tertiary/aromatic N) is 2. The zero-order valence-electron chi connectivity index (χ0n) is 16.9. The molecule has 2 aliphatic carbocycles. The molecular weight excluding hydrogens is 412 g/mol. The maximum Gasteiger partial charge on any atom is 0.238 e. The first-order valence-electron chi connectivity index (χ1n) is 10.7. The summed E-state index contributed by atoms with van der Waals surface area (Å²) in [5.74, 6) is -4.22. The van der Waals surface area contributed by atoms with Crippen molar-refractivity contribution in [1.29, 1.82) is 0 Å². The van der Waals surface area contributed by atoms with Gasteiger partial charge in [-0.2, -0.15) is 0 Å². The average molecular weight is 432 g/mol. The van der Waals surface area contributed by atoms with Gasteiger partial charge in [0, 0.05) is 0 Å². The summed E-state index contributed by atoms with van der Waals surface area (Å²) in [6.07, 6.45) is 0.720. The molecule has 4 aliphatic rings. The van der Waals surface area contributed by atoms with Crippen molar-refractivity contribution in [3.63, 3.8) is 0 Å². The molecule has 2 saturated heterocycles. The van der Waals surface area contributed by atoms with Gasteiger partial charge in [-0.1, -0.05) is 24.3 Å². The summed E-state index contributed by atoms with van der Waals surface area (Å²) in [4.78, 5) is 54.7. The van der Waals surface area contributed by atoms with E-state index in [1.807, 2.05) is 0 Å². The van der Waals surface area contributed by atoms with E-state index in [0.717, 1.165) is 9.80 Å².